The molecule has 6 heteroatoms. The van der Waals surface area contributed by atoms with Gasteiger partial charge < -0.3 is 4.74 Å². The van der Waals surface area contributed by atoms with Crippen molar-refractivity contribution in [2.75, 3.05) is 6.61 Å². The Morgan fingerprint density at radius 2 is 1.49 bits per heavy atom. The number of aromatic nitrogens is 3. The van der Waals surface area contributed by atoms with Gasteiger partial charge >= 0.3 is 5.97 Å². The van der Waals surface area contributed by atoms with Gasteiger partial charge in [0.25, 0.3) is 0 Å². The summed E-state index contributed by atoms with van der Waals surface area (Å²) in [4.78, 5) is 16.9. The van der Waals surface area contributed by atoms with Crippen molar-refractivity contribution >= 4 is 28.5 Å². The second kappa shape index (κ2) is 9.49. The van der Waals surface area contributed by atoms with Crippen molar-refractivity contribution in [3.05, 3.63) is 131 Å². The van der Waals surface area contributed by atoms with E-state index in [0.717, 1.165) is 33.3 Å². The third kappa shape index (κ3) is 3.91. The highest BCUT2D eigenvalue weighted by atomic mass is 35.5. The van der Waals surface area contributed by atoms with E-state index in [0.29, 0.717) is 18.2 Å². The number of nitrogens with zero attached hydrogens (tertiary/aromatic N) is 3. The van der Waals surface area contributed by atoms with Gasteiger partial charge in [-0.15, -0.1) is 0 Å². The van der Waals surface area contributed by atoms with Crippen molar-refractivity contribution in [2.45, 2.75) is 24.8 Å². The van der Waals surface area contributed by atoms with Gasteiger partial charge in [-0.1, -0.05) is 103 Å². The number of fused-ring (bicyclic) bond motifs is 1. The van der Waals surface area contributed by atoms with Crippen molar-refractivity contribution in [1.82, 2.24) is 14.8 Å². The van der Waals surface area contributed by atoms with Crippen LogP contribution in [0.25, 0.3) is 10.9 Å². The van der Waals surface area contributed by atoms with E-state index < -0.39 is 5.54 Å². The van der Waals surface area contributed by atoms with Gasteiger partial charge in [0.2, 0.25) is 0 Å². The number of rotatable bonds is 7. The number of esters is 1. The fourth-order valence-electron chi connectivity index (χ4n) is 5.45. The molecule has 0 spiro atoms. The monoisotopic (exact) mass is 507 g/mol. The van der Waals surface area contributed by atoms with Gasteiger partial charge in [-0.2, -0.15) is 5.10 Å². The molecule has 37 heavy (non-hydrogen) atoms. The van der Waals surface area contributed by atoms with Crippen molar-refractivity contribution in [2.24, 2.45) is 5.92 Å². The molecular formula is C31H26ClN3O2. The highest BCUT2D eigenvalue weighted by molar-refractivity contribution is 6.30. The first-order chi connectivity index (χ1) is 18.1. The largest absolute Gasteiger partial charge is 0.466 e. The summed E-state index contributed by atoms with van der Waals surface area (Å²) in [6.45, 7) is 2.20. The predicted molar refractivity (Wildman–Crippen MR) is 145 cm³/mol. The highest BCUT2D eigenvalue weighted by Gasteiger charge is 2.49. The molecule has 1 aliphatic rings. The first kappa shape index (κ1) is 23.4. The van der Waals surface area contributed by atoms with E-state index in [4.69, 9.17) is 21.4 Å². The standard InChI is InChI=1S/C31H26ClN3O2/c1-2-37-30(36)25-18-24(25)29-26-20-33-28(32)19-27(26)35(34-29)31(21-12-6-3-7-13-21,22-14-8-4-9-15-22)23-16-10-5-11-17-23/h3-17,19-20,24-25H,2,18H2,1H3/t24-,25+/m0/s1. The molecule has 5 nitrogen and oxygen atoms in total. The maximum Gasteiger partial charge on any atom is 0.309 e. The molecule has 0 aliphatic heterocycles. The molecule has 0 bridgehead atoms. The number of ether oxygens (including phenoxy) is 1. The molecule has 1 saturated carbocycles. The Morgan fingerprint density at radius 1 is 0.946 bits per heavy atom. The van der Waals surface area contributed by atoms with E-state index in [9.17, 15) is 4.79 Å². The predicted octanol–water partition coefficient (Wildman–Crippen LogP) is 6.59. The Labute approximate surface area is 220 Å². The molecule has 2 atom stereocenters. The maximum absolute atomic E-state index is 12.6. The van der Waals surface area contributed by atoms with Crippen molar-refractivity contribution in [3.63, 3.8) is 0 Å². The lowest BCUT2D eigenvalue weighted by atomic mass is 9.77. The summed E-state index contributed by atoms with van der Waals surface area (Å²) in [5, 5.41) is 6.58. The zero-order valence-electron chi connectivity index (χ0n) is 20.4. The second-order valence-electron chi connectivity index (χ2n) is 9.33. The maximum atomic E-state index is 12.6. The van der Waals surface area contributed by atoms with Crippen LogP contribution in [-0.2, 0) is 15.1 Å². The van der Waals surface area contributed by atoms with Crippen LogP contribution in [0.3, 0.4) is 0 Å². The lowest BCUT2D eigenvalue weighted by Gasteiger charge is -2.37. The summed E-state index contributed by atoms with van der Waals surface area (Å²) in [6.07, 6.45) is 2.49. The second-order valence-corrected chi connectivity index (χ2v) is 9.72. The number of carbonyl (C=O) groups excluding carboxylic acids is 1. The average Bonchev–Trinajstić information content (AvgIpc) is 3.66. The lowest BCUT2D eigenvalue weighted by Crippen LogP contribution is -2.38. The van der Waals surface area contributed by atoms with Crippen LogP contribution < -0.4 is 0 Å². The fraction of sp³-hybridized carbons (Fsp3) is 0.194. The first-order valence-electron chi connectivity index (χ1n) is 12.5. The van der Waals surface area contributed by atoms with Gasteiger partial charge in [0.15, 0.2) is 0 Å². The Hall–Kier alpha value is -3.96. The fourth-order valence-corrected chi connectivity index (χ4v) is 5.60. The molecule has 0 N–H and O–H groups in total. The van der Waals surface area contributed by atoms with Crippen LogP contribution in [0.4, 0.5) is 0 Å². The third-order valence-electron chi connectivity index (χ3n) is 7.18. The normalized spacial score (nSPS) is 17.0. The van der Waals surface area contributed by atoms with Crippen LogP contribution in [0.5, 0.6) is 0 Å². The van der Waals surface area contributed by atoms with Crippen LogP contribution in [-0.4, -0.2) is 27.3 Å². The number of hydrogen-bond acceptors (Lipinski definition) is 4. The zero-order chi connectivity index (χ0) is 25.4. The van der Waals surface area contributed by atoms with E-state index in [-0.39, 0.29) is 17.8 Å². The molecule has 3 aromatic carbocycles. The van der Waals surface area contributed by atoms with E-state index >= 15 is 0 Å². The number of pyridine rings is 1. The van der Waals surface area contributed by atoms with Crippen molar-refractivity contribution in [3.8, 4) is 0 Å². The van der Waals surface area contributed by atoms with E-state index in [1.54, 1.807) is 6.20 Å². The SMILES string of the molecule is CCOC(=O)[C@@H]1C[C@@H]1c1nn(C(c2ccccc2)(c2ccccc2)c2ccccc2)c2cc(Cl)ncc12. The van der Waals surface area contributed by atoms with Crippen molar-refractivity contribution in [1.29, 1.82) is 0 Å². The van der Waals surface area contributed by atoms with Crippen molar-refractivity contribution < 1.29 is 9.53 Å². The quantitative estimate of drug-likeness (QED) is 0.142. The summed E-state index contributed by atoms with van der Waals surface area (Å²) < 4.78 is 7.40. The van der Waals surface area contributed by atoms with Gasteiger partial charge in [0.05, 0.1) is 23.7 Å². The molecule has 0 unspecified atom stereocenters. The summed E-state index contributed by atoms with van der Waals surface area (Å²) in [5.41, 5.74) is 4.11. The Kier molecular flexibility index (Phi) is 6.01. The topological polar surface area (TPSA) is 57.0 Å². The van der Waals surface area contributed by atoms with Gasteiger partial charge in [-0.25, -0.2) is 9.67 Å². The van der Waals surface area contributed by atoms with E-state index in [1.165, 1.54) is 0 Å². The molecule has 0 saturated heterocycles. The molecule has 184 valence electrons. The van der Waals surface area contributed by atoms with Gasteiger partial charge in [-0.3, -0.25) is 4.79 Å². The molecule has 1 fully saturated rings. The summed E-state index contributed by atoms with van der Waals surface area (Å²) >= 11 is 6.48. The van der Waals surface area contributed by atoms with Crippen LogP contribution in [0, 0.1) is 5.92 Å². The van der Waals surface area contributed by atoms with E-state index in [2.05, 4.69) is 82.5 Å². The molecule has 0 radical (unpaired) electrons. The van der Waals surface area contributed by atoms with Crippen LogP contribution in [0.15, 0.2) is 103 Å². The molecule has 2 heterocycles. The number of benzene rings is 3. The highest BCUT2D eigenvalue weighted by Crippen LogP contribution is 2.51. The molecule has 1 aliphatic carbocycles. The number of hydrogen-bond donors (Lipinski definition) is 0. The summed E-state index contributed by atoms with van der Waals surface area (Å²) in [6, 6.07) is 33.0. The average molecular weight is 508 g/mol. The molecule has 0 amide bonds. The van der Waals surface area contributed by atoms with Crippen LogP contribution in [0.2, 0.25) is 5.15 Å². The van der Waals surface area contributed by atoms with Crippen LogP contribution >= 0.6 is 11.6 Å². The summed E-state index contributed by atoms with van der Waals surface area (Å²) in [5.74, 6) is -0.384. The molecular weight excluding hydrogens is 482 g/mol. The zero-order valence-corrected chi connectivity index (χ0v) is 21.2. The van der Waals surface area contributed by atoms with Crippen LogP contribution in [0.1, 0.15) is 41.6 Å². The van der Waals surface area contributed by atoms with Gasteiger partial charge in [0.1, 0.15) is 10.7 Å². The molecule has 6 rings (SSSR count). The minimum atomic E-state index is -0.792. The first-order valence-corrected chi connectivity index (χ1v) is 12.9. The molecule has 5 aromatic rings. The number of halogens is 1. The Bertz CT molecular complexity index is 1450. The van der Waals surface area contributed by atoms with Gasteiger partial charge in [-0.05, 0) is 30.0 Å². The van der Waals surface area contributed by atoms with Gasteiger partial charge in [0, 0.05) is 23.6 Å². The Morgan fingerprint density at radius 3 is 2.00 bits per heavy atom. The minimum Gasteiger partial charge on any atom is -0.466 e. The van der Waals surface area contributed by atoms with E-state index in [1.807, 2.05) is 31.2 Å². The molecule has 2 aromatic heterocycles. The summed E-state index contributed by atoms with van der Waals surface area (Å²) in [7, 11) is 0. The third-order valence-corrected chi connectivity index (χ3v) is 7.39. The number of carbonyl (C=O) groups is 1. The lowest BCUT2D eigenvalue weighted by molar-refractivity contribution is -0.144. The Balaban J connectivity index is 1.68. The minimum absolute atomic E-state index is 0.0224. The smallest absolute Gasteiger partial charge is 0.309 e.